The van der Waals surface area contributed by atoms with Crippen LogP contribution in [0.25, 0.3) is 0 Å². The third kappa shape index (κ3) is 10.2. The van der Waals surface area contributed by atoms with Gasteiger partial charge in [0.2, 0.25) is 0 Å². The minimum Gasteiger partial charge on any atom is -0.338 e. The van der Waals surface area contributed by atoms with Crippen LogP contribution in [-0.4, -0.2) is 36.6 Å². The summed E-state index contributed by atoms with van der Waals surface area (Å²) in [6, 6.07) is -0.583. The Morgan fingerprint density at radius 1 is 0.714 bits per heavy atom. The third-order valence-corrected chi connectivity index (χ3v) is 3.42. The largest absolute Gasteiger partial charge is 0.338 e. The molecule has 0 fully saturated rings. The molecule has 5 nitrogen and oxygen atoms in total. The van der Waals surface area contributed by atoms with Gasteiger partial charge in [-0.2, -0.15) is 0 Å². The fourth-order valence-corrected chi connectivity index (χ4v) is 2.06. The third-order valence-electron chi connectivity index (χ3n) is 3.42. The number of imide groups is 1. The maximum atomic E-state index is 11.9. The van der Waals surface area contributed by atoms with Gasteiger partial charge in [-0.3, -0.25) is 0 Å². The predicted molar refractivity (Wildman–Crippen MR) is 87.5 cm³/mol. The number of amides is 4. The van der Waals surface area contributed by atoms with Crippen LogP contribution >= 0.6 is 0 Å². The van der Waals surface area contributed by atoms with Gasteiger partial charge in [0.05, 0.1) is 0 Å². The maximum Gasteiger partial charge on any atom is 0.325 e. The first-order chi connectivity index (χ1) is 10.2. The Hall–Kier alpha value is -1.26. The van der Waals surface area contributed by atoms with Crippen LogP contribution in [-0.2, 0) is 0 Å². The highest BCUT2D eigenvalue weighted by atomic mass is 16.2. The molecule has 4 amide bonds. The first-order valence-corrected chi connectivity index (χ1v) is 8.50. The standard InChI is InChI=1S/C16H33N3O2/c1-4-7-9-11-13-17-15(20)19(6-3)16(21)18-14-12-10-8-5-2/h4-14H2,1-3H3,(H,17,20)(H,18,21). The molecule has 0 atom stereocenters. The lowest BCUT2D eigenvalue weighted by Crippen LogP contribution is -2.48. The fraction of sp³-hybridized carbons (Fsp3) is 0.875. The summed E-state index contributed by atoms with van der Waals surface area (Å²) >= 11 is 0. The molecule has 0 bridgehead atoms. The second-order valence-corrected chi connectivity index (χ2v) is 5.33. The lowest BCUT2D eigenvalue weighted by Gasteiger charge is -2.20. The summed E-state index contributed by atoms with van der Waals surface area (Å²) in [5.41, 5.74) is 0. The lowest BCUT2D eigenvalue weighted by molar-refractivity contribution is 0.187. The van der Waals surface area contributed by atoms with Crippen LogP contribution in [0.4, 0.5) is 9.59 Å². The van der Waals surface area contributed by atoms with Crippen molar-refractivity contribution in [1.29, 1.82) is 0 Å². The van der Waals surface area contributed by atoms with Crippen LogP contribution in [0.15, 0.2) is 0 Å². The van der Waals surface area contributed by atoms with E-state index in [1.165, 1.54) is 30.6 Å². The van der Waals surface area contributed by atoms with Crippen LogP contribution < -0.4 is 10.6 Å². The molecule has 0 aliphatic carbocycles. The number of unbranched alkanes of at least 4 members (excludes halogenated alkanes) is 6. The van der Waals surface area contributed by atoms with Crippen molar-refractivity contribution in [3.63, 3.8) is 0 Å². The first kappa shape index (κ1) is 19.7. The van der Waals surface area contributed by atoms with Crippen molar-refractivity contribution in [2.24, 2.45) is 0 Å². The van der Waals surface area contributed by atoms with Gasteiger partial charge in [-0.15, -0.1) is 0 Å². The van der Waals surface area contributed by atoms with Crippen molar-refractivity contribution in [1.82, 2.24) is 15.5 Å². The molecular formula is C16H33N3O2. The van der Waals surface area contributed by atoms with Gasteiger partial charge in [-0.25, -0.2) is 14.5 Å². The highest BCUT2D eigenvalue weighted by Crippen LogP contribution is 1.99. The Morgan fingerprint density at radius 3 is 1.48 bits per heavy atom. The number of carbonyl (C=O) groups excluding carboxylic acids is 2. The smallest absolute Gasteiger partial charge is 0.325 e. The minimum atomic E-state index is -0.292. The molecule has 5 heteroatoms. The predicted octanol–water partition coefficient (Wildman–Crippen LogP) is 3.89. The van der Waals surface area contributed by atoms with Crippen LogP contribution in [0.1, 0.15) is 72.1 Å². The molecule has 0 saturated carbocycles. The molecule has 0 radical (unpaired) electrons. The molecule has 0 heterocycles. The minimum absolute atomic E-state index is 0.292. The Bertz CT molecular complexity index is 257. The molecule has 21 heavy (non-hydrogen) atoms. The van der Waals surface area contributed by atoms with Crippen LogP contribution in [0.3, 0.4) is 0 Å². The zero-order valence-corrected chi connectivity index (χ0v) is 14.0. The summed E-state index contributed by atoms with van der Waals surface area (Å²) in [5, 5.41) is 5.62. The number of carbonyl (C=O) groups is 2. The van der Waals surface area contributed by atoms with Gasteiger partial charge in [-0.05, 0) is 19.8 Å². The number of nitrogens with zero attached hydrogens (tertiary/aromatic N) is 1. The van der Waals surface area contributed by atoms with E-state index in [2.05, 4.69) is 24.5 Å². The number of rotatable bonds is 11. The van der Waals surface area contributed by atoms with Gasteiger partial charge < -0.3 is 10.6 Å². The molecule has 124 valence electrons. The Balaban J connectivity index is 3.88. The molecule has 2 N–H and O–H groups in total. The summed E-state index contributed by atoms with van der Waals surface area (Å²) in [5.74, 6) is 0. The summed E-state index contributed by atoms with van der Waals surface area (Å²) in [6.45, 7) is 7.79. The summed E-state index contributed by atoms with van der Waals surface area (Å²) < 4.78 is 0. The van der Waals surface area contributed by atoms with Gasteiger partial charge in [0.25, 0.3) is 0 Å². The monoisotopic (exact) mass is 299 g/mol. The van der Waals surface area contributed by atoms with E-state index in [-0.39, 0.29) is 12.1 Å². The summed E-state index contributed by atoms with van der Waals surface area (Å²) in [7, 11) is 0. The van der Waals surface area contributed by atoms with Crippen molar-refractivity contribution >= 4 is 12.1 Å². The molecule has 0 spiro atoms. The van der Waals surface area contributed by atoms with E-state index in [4.69, 9.17) is 0 Å². The number of hydrogen-bond acceptors (Lipinski definition) is 2. The summed E-state index contributed by atoms with van der Waals surface area (Å²) in [4.78, 5) is 25.1. The second-order valence-electron chi connectivity index (χ2n) is 5.33. The van der Waals surface area contributed by atoms with E-state index in [1.807, 2.05) is 6.92 Å². The second kappa shape index (κ2) is 13.7. The normalized spacial score (nSPS) is 10.2. The SMILES string of the molecule is CCCCCCNC(=O)N(CC)C(=O)NCCCCCC. The number of hydrogen-bond donors (Lipinski definition) is 2. The first-order valence-electron chi connectivity index (χ1n) is 8.50. The Labute approximate surface area is 129 Å². The van der Waals surface area contributed by atoms with Crippen LogP contribution in [0.5, 0.6) is 0 Å². The van der Waals surface area contributed by atoms with Crippen molar-refractivity contribution in [3.05, 3.63) is 0 Å². The van der Waals surface area contributed by atoms with Crippen molar-refractivity contribution in [2.45, 2.75) is 72.1 Å². The van der Waals surface area contributed by atoms with Crippen molar-refractivity contribution in [3.8, 4) is 0 Å². The van der Waals surface area contributed by atoms with E-state index in [9.17, 15) is 9.59 Å². The van der Waals surface area contributed by atoms with E-state index in [1.54, 1.807) is 0 Å². The van der Waals surface area contributed by atoms with Gasteiger partial charge in [0.15, 0.2) is 0 Å². The molecule has 0 unspecified atom stereocenters. The zero-order chi connectivity index (χ0) is 15.9. The number of nitrogens with one attached hydrogen (secondary N) is 2. The molecule has 0 aromatic heterocycles. The molecule has 0 aromatic rings. The lowest BCUT2D eigenvalue weighted by atomic mass is 10.2. The van der Waals surface area contributed by atoms with Crippen molar-refractivity contribution in [2.75, 3.05) is 19.6 Å². The van der Waals surface area contributed by atoms with Gasteiger partial charge in [0, 0.05) is 19.6 Å². The quantitative estimate of drug-likeness (QED) is 0.569. The molecule has 0 aliphatic heterocycles. The Morgan fingerprint density at radius 2 is 1.14 bits per heavy atom. The highest BCUT2D eigenvalue weighted by molar-refractivity contribution is 5.93. The van der Waals surface area contributed by atoms with Crippen LogP contribution in [0.2, 0.25) is 0 Å². The molecular weight excluding hydrogens is 266 g/mol. The molecule has 0 rings (SSSR count). The highest BCUT2D eigenvalue weighted by Gasteiger charge is 2.18. The molecule has 0 saturated heterocycles. The maximum absolute atomic E-state index is 11.9. The van der Waals surface area contributed by atoms with Gasteiger partial charge >= 0.3 is 12.1 Å². The summed E-state index contributed by atoms with van der Waals surface area (Å²) in [6.07, 6.45) is 8.90. The van der Waals surface area contributed by atoms with Gasteiger partial charge in [-0.1, -0.05) is 52.4 Å². The Kier molecular flexibility index (Phi) is 12.9. The molecule has 0 aromatic carbocycles. The van der Waals surface area contributed by atoms with Crippen LogP contribution in [0, 0.1) is 0 Å². The van der Waals surface area contributed by atoms with Crippen molar-refractivity contribution < 1.29 is 9.59 Å². The van der Waals surface area contributed by atoms with Gasteiger partial charge in [0.1, 0.15) is 0 Å². The zero-order valence-electron chi connectivity index (χ0n) is 14.0. The average Bonchev–Trinajstić information content (AvgIpc) is 2.47. The average molecular weight is 299 g/mol. The van der Waals surface area contributed by atoms with E-state index >= 15 is 0 Å². The fourth-order valence-electron chi connectivity index (χ4n) is 2.06. The van der Waals surface area contributed by atoms with E-state index < -0.39 is 0 Å². The number of urea groups is 2. The molecule has 0 aliphatic rings. The van der Waals surface area contributed by atoms with E-state index in [0.717, 1.165) is 25.7 Å². The topological polar surface area (TPSA) is 61.4 Å². The van der Waals surface area contributed by atoms with E-state index in [0.29, 0.717) is 19.6 Å².